The zero-order valence-electron chi connectivity index (χ0n) is 11.8. The van der Waals surface area contributed by atoms with Gasteiger partial charge in [-0.15, -0.1) is 0 Å². The monoisotopic (exact) mass is 236 g/mol. The average molecular weight is 236 g/mol. The van der Waals surface area contributed by atoms with Gasteiger partial charge in [0.2, 0.25) is 0 Å². The molecule has 0 bridgehead atoms. The molecule has 3 heteroatoms. The molecule has 0 aromatic rings. The van der Waals surface area contributed by atoms with E-state index in [0.717, 1.165) is 6.42 Å². The smallest absolute Gasteiger partial charge is 0.252 e. The maximum Gasteiger partial charge on any atom is 0.252 e. The van der Waals surface area contributed by atoms with Gasteiger partial charge in [0.1, 0.15) is 0 Å². The highest BCUT2D eigenvalue weighted by Gasteiger charge is 2.53. The summed E-state index contributed by atoms with van der Waals surface area (Å²) >= 11 is 0. The molecule has 0 aliphatic heterocycles. The third kappa shape index (κ3) is 2.76. The normalized spacial score (nSPS) is 23.5. The maximum atomic E-state index is 12.1. The van der Waals surface area contributed by atoms with Crippen LogP contribution in [0.1, 0.15) is 41.0 Å². The summed E-state index contributed by atoms with van der Waals surface area (Å²) in [6.07, 6.45) is 4.53. The molecule has 1 rings (SSSR count). The minimum Gasteiger partial charge on any atom is -0.348 e. The Hall–Kier alpha value is -1.12. The number of rotatable bonds is 3. The standard InChI is InChI=1S/C14H24N2O/c1-7-10(8-15-6)11(17)16-12-13(2,3)9-14(12,4)5/h7-8,12H,9H2,1-6H3,(H,16,17)/b10-7+,15-8-. The van der Waals surface area contributed by atoms with E-state index in [1.165, 1.54) is 0 Å². The van der Waals surface area contributed by atoms with Crippen LogP contribution in [0.5, 0.6) is 0 Å². The van der Waals surface area contributed by atoms with Crippen molar-refractivity contribution < 1.29 is 4.79 Å². The summed E-state index contributed by atoms with van der Waals surface area (Å²) in [5, 5.41) is 3.13. The highest BCUT2D eigenvalue weighted by atomic mass is 16.1. The van der Waals surface area contributed by atoms with Crippen LogP contribution in [0, 0.1) is 10.8 Å². The van der Waals surface area contributed by atoms with Crippen molar-refractivity contribution in [1.29, 1.82) is 0 Å². The Bertz CT molecular complexity index is 350. The van der Waals surface area contributed by atoms with Gasteiger partial charge in [-0.3, -0.25) is 9.79 Å². The summed E-state index contributed by atoms with van der Waals surface area (Å²) < 4.78 is 0. The molecule has 0 radical (unpaired) electrons. The Kier molecular flexibility index (Phi) is 3.80. The van der Waals surface area contributed by atoms with Gasteiger partial charge < -0.3 is 5.32 Å². The average Bonchev–Trinajstić information content (AvgIpc) is 2.20. The van der Waals surface area contributed by atoms with E-state index in [2.05, 4.69) is 38.0 Å². The van der Waals surface area contributed by atoms with Gasteiger partial charge in [-0.1, -0.05) is 33.8 Å². The first kappa shape index (κ1) is 13.9. The predicted octanol–water partition coefficient (Wildman–Crippen LogP) is 2.57. The molecular weight excluding hydrogens is 212 g/mol. The van der Waals surface area contributed by atoms with Crippen LogP contribution in [0.15, 0.2) is 16.6 Å². The summed E-state index contributed by atoms with van der Waals surface area (Å²) in [5.74, 6) is -0.0241. The number of nitrogens with one attached hydrogen (secondary N) is 1. The Morgan fingerprint density at radius 1 is 1.29 bits per heavy atom. The van der Waals surface area contributed by atoms with Crippen LogP contribution >= 0.6 is 0 Å². The lowest BCUT2D eigenvalue weighted by atomic mass is 9.52. The molecule has 1 aliphatic rings. The van der Waals surface area contributed by atoms with E-state index in [1.54, 1.807) is 19.3 Å². The maximum absolute atomic E-state index is 12.1. The second kappa shape index (κ2) is 4.63. The third-order valence-corrected chi connectivity index (χ3v) is 3.59. The van der Waals surface area contributed by atoms with Crippen LogP contribution in [-0.2, 0) is 4.79 Å². The van der Waals surface area contributed by atoms with Crippen molar-refractivity contribution in [1.82, 2.24) is 5.32 Å². The van der Waals surface area contributed by atoms with Crippen molar-refractivity contribution in [3.8, 4) is 0 Å². The lowest BCUT2D eigenvalue weighted by Crippen LogP contribution is -2.63. The van der Waals surface area contributed by atoms with Crippen LogP contribution in [0.4, 0.5) is 0 Å². The SMILES string of the molecule is C/C=C(\C=N/C)C(=O)NC1C(C)(C)CC1(C)C. The van der Waals surface area contributed by atoms with Crippen molar-refractivity contribution in [3.05, 3.63) is 11.6 Å². The highest BCUT2D eigenvalue weighted by molar-refractivity contribution is 6.12. The number of hydrogen-bond acceptors (Lipinski definition) is 2. The molecule has 0 unspecified atom stereocenters. The van der Waals surface area contributed by atoms with Crippen LogP contribution in [-0.4, -0.2) is 25.2 Å². The molecule has 96 valence electrons. The van der Waals surface area contributed by atoms with E-state index >= 15 is 0 Å². The number of hydrogen-bond donors (Lipinski definition) is 1. The molecule has 0 atom stereocenters. The zero-order chi connectivity index (χ0) is 13.3. The quantitative estimate of drug-likeness (QED) is 0.594. The molecule has 17 heavy (non-hydrogen) atoms. The van der Waals surface area contributed by atoms with Gasteiger partial charge in [-0.25, -0.2) is 0 Å². The molecule has 1 amide bonds. The number of amides is 1. The second-order valence-corrected chi connectivity index (χ2v) is 6.19. The van der Waals surface area contributed by atoms with Gasteiger partial charge in [0, 0.05) is 19.3 Å². The lowest BCUT2D eigenvalue weighted by Gasteiger charge is -2.57. The van der Waals surface area contributed by atoms with Gasteiger partial charge in [-0.2, -0.15) is 0 Å². The van der Waals surface area contributed by atoms with Gasteiger partial charge >= 0.3 is 0 Å². The molecule has 1 saturated carbocycles. The van der Waals surface area contributed by atoms with Gasteiger partial charge in [-0.05, 0) is 24.2 Å². The van der Waals surface area contributed by atoms with Crippen molar-refractivity contribution in [3.63, 3.8) is 0 Å². The molecule has 3 nitrogen and oxygen atoms in total. The third-order valence-electron chi connectivity index (χ3n) is 3.59. The van der Waals surface area contributed by atoms with Gasteiger partial charge in [0.05, 0.1) is 5.57 Å². The predicted molar refractivity (Wildman–Crippen MR) is 72.3 cm³/mol. The first-order valence-electron chi connectivity index (χ1n) is 6.14. The number of allylic oxidation sites excluding steroid dienone is 1. The molecule has 0 saturated heterocycles. The Morgan fingerprint density at radius 2 is 1.82 bits per heavy atom. The van der Waals surface area contributed by atoms with E-state index < -0.39 is 0 Å². The molecule has 0 aromatic carbocycles. The number of aliphatic imine (C=N–C) groups is 1. The van der Waals surface area contributed by atoms with Crippen molar-refractivity contribution in [2.75, 3.05) is 7.05 Å². The topological polar surface area (TPSA) is 41.5 Å². The van der Waals surface area contributed by atoms with Crippen molar-refractivity contribution in [2.24, 2.45) is 15.8 Å². The second-order valence-electron chi connectivity index (χ2n) is 6.19. The molecule has 0 aromatic heterocycles. The fourth-order valence-corrected chi connectivity index (χ4v) is 3.31. The van der Waals surface area contributed by atoms with Crippen LogP contribution < -0.4 is 5.32 Å². The first-order valence-corrected chi connectivity index (χ1v) is 6.14. The molecule has 0 heterocycles. The van der Waals surface area contributed by atoms with E-state index in [0.29, 0.717) is 5.57 Å². The molecular formula is C14H24N2O. The number of carbonyl (C=O) groups is 1. The fourth-order valence-electron chi connectivity index (χ4n) is 3.31. The Balaban J connectivity index is 2.75. The summed E-state index contributed by atoms with van der Waals surface area (Å²) in [6, 6.07) is 0.225. The Labute approximate surface area is 104 Å². The highest BCUT2D eigenvalue weighted by Crippen LogP contribution is 2.53. The van der Waals surface area contributed by atoms with E-state index in [1.807, 2.05) is 6.92 Å². The summed E-state index contributed by atoms with van der Waals surface area (Å²) in [5.41, 5.74) is 0.994. The van der Waals surface area contributed by atoms with Gasteiger partial charge in [0.15, 0.2) is 0 Å². The molecule has 1 fully saturated rings. The minimum atomic E-state index is -0.0241. The summed E-state index contributed by atoms with van der Waals surface area (Å²) in [7, 11) is 1.67. The molecule has 1 N–H and O–H groups in total. The number of carbonyl (C=O) groups excluding carboxylic acids is 1. The van der Waals surface area contributed by atoms with Crippen LogP contribution in [0.2, 0.25) is 0 Å². The molecule has 1 aliphatic carbocycles. The van der Waals surface area contributed by atoms with E-state index in [-0.39, 0.29) is 22.8 Å². The lowest BCUT2D eigenvalue weighted by molar-refractivity contribution is -0.125. The molecule has 0 spiro atoms. The minimum absolute atomic E-state index is 0.0241. The Morgan fingerprint density at radius 3 is 2.18 bits per heavy atom. The summed E-state index contributed by atoms with van der Waals surface area (Å²) in [6.45, 7) is 10.7. The summed E-state index contributed by atoms with van der Waals surface area (Å²) in [4.78, 5) is 16.0. The number of nitrogens with zero attached hydrogens (tertiary/aromatic N) is 1. The van der Waals surface area contributed by atoms with Gasteiger partial charge in [0.25, 0.3) is 5.91 Å². The van der Waals surface area contributed by atoms with E-state index in [9.17, 15) is 4.79 Å². The van der Waals surface area contributed by atoms with Crippen molar-refractivity contribution in [2.45, 2.75) is 47.1 Å². The first-order chi connectivity index (χ1) is 7.74. The fraction of sp³-hybridized carbons (Fsp3) is 0.714. The van der Waals surface area contributed by atoms with Crippen LogP contribution in [0.3, 0.4) is 0 Å². The van der Waals surface area contributed by atoms with Crippen molar-refractivity contribution >= 4 is 12.1 Å². The zero-order valence-corrected chi connectivity index (χ0v) is 11.8. The van der Waals surface area contributed by atoms with E-state index in [4.69, 9.17) is 0 Å². The largest absolute Gasteiger partial charge is 0.348 e. The van der Waals surface area contributed by atoms with Crippen LogP contribution in [0.25, 0.3) is 0 Å².